The number of carbonyl (C=O) groups excluding carboxylic acids is 2. The van der Waals surface area contributed by atoms with Crippen LogP contribution >= 0.6 is 11.6 Å². The average molecular weight is 360 g/mol. The van der Waals surface area contributed by atoms with Gasteiger partial charge in [0.05, 0.1) is 22.8 Å². The average Bonchev–Trinajstić information content (AvgIpc) is 2.86. The molecule has 0 unspecified atom stereocenters. The predicted molar refractivity (Wildman–Crippen MR) is 93.6 cm³/mol. The van der Waals surface area contributed by atoms with E-state index in [2.05, 4.69) is 6.92 Å². The lowest BCUT2D eigenvalue weighted by Crippen LogP contribution is -2.29. The lowest BCUT2D eigenvalue weighted by Gasteiger charge is -2.14. The summed E-state index contributed by atoms with van der Waals surface area (Å²) in [5.74, 6) is -0.294. The first-order valence-electron chi connectivity index (χ1n) is 8.13. The van der Waals surface area contributed by atoms with E-state index in [0.717, 1.165) is 23.5 Å². The second-order valence-electron chi connectivity index (χ2n) is 5.69. The molecule has 0 aliphatic carbocycles. The van der Waals surface area contributed by atoms with E-state index in [0.29, 0.717) is 28.5 Å². The Morgan fingerprint density at radius 1 is 1.04 bits per heavy atom. The molecule has 130 valence electrons. The van der Waals surface area contributed by atoms with Crippen molar-refractivity contribution in [2.75, 3.05) is 6.61 Å². The molecule has 0 atom stereocenters. The summed E-state index contributed by atoms with van der Waals surface area (Å²) in [5.41, 5.74) is 1.44. The zero-order chi connectivity index (χ0) is 17.8. The molecule has 25 heavy (non-hydrogen) atoms. The summed E-state index contributed by atoms with van der Waals surface area (Å²) in [6.07, 6.45) is 2.00. The molecule has 0 radical (unpaired) electrons. The van der Waals surface area contributed by atoms with Crippen LogP contribution in [0.15, 0.2) is 42.5 Å². The van der Waals surface area contributed by atoms with Crippen molar-refractivity contribution in [1.82, 2.24) is 5.06 Å². The number of carbonyl (C=O) groups is 2. The number of rotatable bonds is 7. The van der Waals surface area contributed by atoms with Crippen molar-refractivity contribution < 1.29 is 19.2 Å². The number of hydrogen-bond donors (Lipinski definition) is 0. The van der Waals surface area contributed by atoms with E-state index in [1.54, 1.807) is 42.5 Å². The third kappa shape index (κ3) is 3.67. The van der Waals surface area contributed by atoms with Crippen molar-refractivity contribution in [3.63, 3.8) is 0 Å². The molecule has 5 nitrogen and oxygen atoms in total. The van der Waals surface area contributed by atoms with Crippen LogP contribution in [-0.4, -0.2) is 23.5 Å². The highest BCUT2D eigenvalue weighted by molar-refractivity contribution is 6.32. The topological polar surface area (TPSA) is 55.8 Å². The monoisotopic (exact) mass is 359 g/mol. The minimum absolute atomic E-state index is 0.0560. The molecule has 0 saturated heterocycles. The van der Waals surface area contributed by atoms with Gasteiger partial charge in [-0.3, -0.25) is 14.4 Å². The minimum atomic E-state index is -0.453. The van der Waals surface area contributed by atoms with Gasteiger partial charge >= 0.3 is 0 Å². The number of unbranched alkanes of at least 4 members (excludes halogenated alkanes) is 1. The minimum Gasteiger partial charge on any atom is -0.492 e. The molecule has 0 aromatic heterocycles. The Labute approximate surface area is 151 Å². The number of benzene rings is 2. The van der Waals surface area contributed by atoms with E-state index in [1.165, 1.54) is 0 Å². The molecule has 2 aromatic carbocycles. The first-order chi connectivity index (χ1) is 12.1. The van der Waals surface area contributed by atoms with Gasteiger partial charge in [-0.05, 0) is 36.2 Å². The van der Waals surface area contributed by atoms with E-state index < -0.39 is 11.8 Å². The first kappa shape index (κ1) is 17.5. The number of hydrogen-bond acceptors (Lipinski definition) is 4. The highest BCUT2D eigenvalue weighted by Gasteiger charge is 2.36. The van der Waals surface area contributed by atoms with Gasteiger partial charge in [0.25, 0.3) is 11.8 Å². The summed E-state index contributed by atoms with van der Waals surface area (Å²) in [4.78, 5) is 29.9. The first-order valence-corrected chi connectivity index (χ1v) is 8.51. The Hall–Kier alpha value is -2.37. The fraction of sp³-hybridized carbons (Fsp3) is 0.263. The number of amides is 2. The van der Waals surface area contributed by atoms with Crippen LogP contribution in [0.3, 0.4) is 0 Å². The van der Waals surface area contributed by atoms with Crippen LogP contribution in [0.5, 0.6) is 5.75 Å². The van der Waals surface area contributed by atoms with Crippen molar-refractivity contribution in [2.24, 2.45) is 0 Å². The zero-order valence-electron chi connectivity index (χ0n) is 13.8. The molecule has 1 aliphatic rings. The quantitative estimate of drug-likeness (QED) is 0.548. The fourth-order valence-corrected chi connectivity index (χ4v) is 2.76. The molecular formula is C19H18ClNO4. The fourth-order valence-electron chi connectivity index (χ4n) is 2.50. The Kier molecular flexibility index (Phi) is 5.36. The van der Waals surface area contributed by atoms with Crippen molar-refractivity contribution in [1.29, 1.82) is 0 Å². The third-order valence-electron chi connectivity index (χ3n) is 3.87. The third-order valence-corrected chi connectivity index (χ3v) is 4.16. The standard InChI is InChI=1S/C19H18ClNO4/c1-2-3-10-24-17-9-8-13(11-16(17)20)12-25-21-18(22)14-6-4-5-7-15(14)19(21)23/h4-9,11H,2-3,10,12H2,1H3. The molecule has 6 heteroatoms. The number of fused-ring (bicyclic) bond motifs is 1. The van der Waals surface area contributed by atoms with E-state index in [4.69, 9.17) is 21.2 Å². The second kappa shape index (κ2) is 7.68. The molecule has 0 bridgehead atoms. The van der Waals surface area contributed by atoms with Gasteiger partial charge in [0, 0.05) is 0 Å². The van der Waals surface area contributed by atoms with Gasteiger partial charge in [-0.15, -0.1) is 5.06 Å². The SMILES string of the molecule is CCCCOc1ccc(CON2C(=O)c3ccccc3C2=O)cc1Cl. The maximum atomic E-state index is 12.2. The maximum absolute atomic E-state index is 12.2. The highest BCUT2D eigenvalue weighted by Crippen LogP contribution is 2.27. The highest BCUT2D eigenvalue weighted by atomic mass is 35.5. The molecule has 1 heterocycles. The molecule has 0 fully saturated rings. The lowest BCUT2D eigenvalue weighted by molar-refractivity contribution is -0.101. The van der Waals surface area contributed by atoms with Gasteiger partial charge in [-0.25, -0.2) is 0 Å². The van der Waals surface area contributed by atoms with Crippen molar-refractivity contribution in [3.8, 4) is 5.75 Å². The molecule has 2 amide bonds. The summed E-state index contributed by atoms with van der Waals surface area (Å²) < 4.78 is 5.60. The normalized spacial score (nSPS) is 13.3. The molecule has 2 aromatic rings. The van der Waals surface area contributed by atoms with Crippen molar-refractivity contribution in [3.05, 3.63) is 64.2 Å². The van der Waals surface area contributed by atoms with Crippen LogP contribution in [-0.2, 0) is 11.4 Å². The largest absolute Gasteiger partial charge is 0.492 e. The number of halogens is 1. The van der Waals surface area contributed by atoms with E-state index >= 15 is 0 Å². The van der Waals surface area contributed by atoms with Crippen LogP contribution in [0.2, 0.25) is 5.02 Å². The van der Waals surface area contributed by atoms with Gasteiger partial charge < -0.3 is 4.74 Å². The molecule has 0 spiro atoms. The van der Waals surface area contributed by atoms with Crippen molar-refractivity contribution in [2.45, 2.75) is 26.4 Å². The Morgan fingerprint density at radius 3 is 2.32 bits per heavy atom. The number of nitrogens with zero attached hydrogens (tertiary/aromatic N) is 1. The van der Waals surface area contributed by atoms with E-state index in [9.17, 15) is 9.59 Å². The number of ether oxygens (including phenoxy) is 1. The smallest absolute Gasteiger partial charge is 0.285 e. The van der Waals surface area contributed by atoms with Gasteiger partial charge in [0.1, 0.15) is 12.4 Å². The summed E-state index contributed by atoms with van der Waals surface area (Å²) in [6, 6.07) is 11.9. The van der Waals surface area contributed by atoms with Crippen LogP contribution in [0.1, 0.15) is 46.0 Å². The predicted octanol–water partition coefficient (Wildman–Crippen LogP) is 4.25. The van der Waals surface area contributed by atoms with Crippen LogP contribution in [0, 0.1) is 0 Å². The number of hydroxylamine groups is 2. The maximum Gasteiger partial charge on any atom is 0.285 e. The van der Waals surface area contributed by atoms with Crippen LogP contribution in [0.4, 0.5) is 0 Å². The molecule has 0 saturated carbocycles. The molecule has 3 rings (SSSR count). The van der Waals surface area contributed by atoms with Crippen LogP contribution < -0.4 is 4.74 Å². The Balaban J connectivity index is 1.64. The summed E-state index contributed by atoms with van der Waals surface area (Å²) >= 11 is 6.21. The summed E-state index contributed by atoms with van der Waals surface area (Å²) in [6.45, 7) is 2.76. The summed E-state index contributed by atoms with van der Waals surface area (Å²) in [5, 5.41) is 1.27. The lowest BCUT2D eigenvalue weighted by atomic mass is 10.1. The van der Waals surface area contributed by atoms with E-state index in [1.807, 2.05) is 0 Å². The molecular weight excluding hydrogens is 342 g/mol. The Morgan fingerprint density at radius 2 is 1.72 bits per heavy atom. The van der Waals surface area contributed by atoms with Gasteiger partial charge in [0.2, 0.25) is 0 Å². The van der Waals surface area contributed by atoms with Gasteiger partial charge in [0.15, 0.2) is 0 Å². The zero-order valence-corrected chi connectivity index (χ0v) is 14.6. The molecule has 1 aliphatic heterocycles. The van der Waals surface area contributed by atoms with Gasteiger partial charge in [-0.1, -0.05) is 43.1 Å². The second-order valence-corrected chi connectivity index (χ2v) is 6.10. The van der Waals surface area contributed by atoms with Gasteiger partial charge in [-0.2, -0.15) is 0 Å². The van der Waals surface area contributed by atoms with Crippen LogP contribution in [0.25, 0.3) is 0 Å². The Bertz CT molecular complexity index is 771. The molecule has 0 N–H and O–H groups in total. The van der Waals surface area contributed by atoms with E-state index in [-0.39, 0.29) is 6.61 Å². The number of imide groups is 1. The van der Waals surface area contributed by atoms with Crippen molar-refractivity contribution >= 4 is 23.4 Å². The summed E-state index contributed by atoms with van der Waals surface area (Å²) in [7, 11) is 0.